The van der Waals surface area contributed by atoms with E-state index in [1.54, 1.807) is 0 Å². The molecule has 15 heteroatoms. The molecule has 0 atom stereocenters. The summed E-state index contributed by atoms with van der Waals surface area (Å²) in [5.74, 6) is 4.53. The Morgan fingerprint density at radius 1 is 0.203 bits per heavy atom. The second-order valence-corrected chi connectivity index (χ2v) is 41.0. The molecule has 16 bridgehead atoms. The third-order valence-corrected chi connectivity index (χ3v) is 22.7. The van der Waals surface area contributed by atoms with Crippen LogP contribution in [0, 0.1) is 0 Å². The van der Waals surface area contributed by atoms with Crippen LogP contribution in [0.4, 0.5) is 0 Å². The summed E-state index contributed by atoms with van der Waals surface area (Å²) >= 11 is 0. The molecule has 8 aromatic carbocycles. The number of hydrogen-bond acceptors (Lipinski definition) is 15. The van der Waals surface area contributed by atoms with Crippen molar-refractivity contribution in [3.05, 3.63) is 231 Å². The fraction of sp³-hybridized carbons (Fsp3) is 0.524. The molecule has 6 N–H and O–H groups in total. The normalized spacial score (nSPS) is 13.7. The fourth-order valence-corrected chi connectivity index (χ4v) is 16.0. The highest BCUT2D eigenvalue weighted by molar-refractivity contribution is 5.82. The first-order valence-corrected chi connectivity index (χ1v) is 42.6. The Labute approximate surface area is 705 Å². The van der Waals surface area contributed by atoms with Crippen LogP contribution in [-0.4, -0.2) is 129 Å². The van der Waals surface area contributed by atoms with Gasteiger partial charge in [0.2, 0.25) is 5.78 Å². The highest BCUT2D eigenvalue weighted by Gasteiger charge is 2.35. The van der Waals surface area contributed by atoms with E-state index in [1.807, 2.05) is 0 Å². The molecule has 0 aromatic heterocycles. The third kappa shape index (κ3) is 22.4. The van der Waals surface area contributed by atoms with E-state index in [2.05, 4.69) is 263 Å². The van der Waals surface area contributed by atoms with Crippen LogP contribution >= 0.6 is 0 Å². The predicted octanol–water partition coefficient (Wildman–Crippen LogP) is 18.7. The molecular formula is C103H138O15. The van der Waals surface area contributed by atoms with E-state index in [0.29, 0.717) is 71.7 Å². The van der Waals surface area contributed by atoms with E-state index in [0.717, 1.165) is 134 Å². The lowest BCUT2D eigenvalue weighted by Crippen LogP contribution is -2.22. The Kier molecular flexibility index (Phi) is 28.7. The first-order chi connectivity index (χ1) is 55.1. The Morgan fingerprint density at radius 2 is 0.305 bits per heavy atom. The van der Waals surface area contributed by atoms with Gasteiger partial charge in [0.25, 0.3) is 0 Å². The van der Waals surface area contributed by atoms with E-state index in [-0.39, 0.29) is 143 Å². The number of carbonyl (C=O) groups excluding carboxylic acids is 1. The predicted molar refractivity (Wildman–Crippen MR) is 475 cm³/mol. The Hall–Kier alpha value is -8.41. The molecule has 0 heterocycles. The van der Waals surface area contributed by atoms with Crippen LogP contribution in [0.25, 0.3) is 0 Å². The molecule has 0 aliphatic heterocycles. The van der Waals surface area contributed by atoms with Gasteiger partial charge < -0.3 is 68.5 Å². The summed E-state index contributed by atoms with van der Waals surface area (Å²) in [7, 11) is 0. The molecular weight excluding hydrogens is 1480 g/mol. The molecule has 2 aliphatic rings. The molecule has 0 saturated heterocycles. The number of aliphatic hydroxyl groups excluding tert-OH is 6. The lowest BCUT2D eigenvalue weighted by molar-refractivity contribution is -0.123. The number of hydrogen-bond donors (Lipinski definition) is 6. The average molecular weight is 1620 g/mol. The molecule has 2 aliphatic carbocycles. The zero-order valence-corrected chi connectivity index (χ0v) is 75.7. The Morgan fingerprint density at radius 3 is 0.398 bits per heavy atom. The van der Waals surface area contributed by atoms with Crippen molar-refractivity contribution in [1.82, 2.24) is 0 Å². The second-order valence-electron chi connectivity index (χ2n) is 41.0. The molecule has 8 aromatic rings. The summed E-state index contributed by atoms with van der Waals surface area (Å²) in [6, 6.07) is 35.5. The number of fused-ring (bicyclic) bond motifs is 16. The summed E-state index contributed by atoms with van der Waals surface area (Å²) in [5, 5.41) is 64.0. The minimum Gasteiger partial charge on any atom is -0.491 e. The summed E-state index contributed by atoms with van der Waals surface area (Å²) < 4.78 is 55.9. The van der Waals surface area contributed by atoms with Gasteiger partial charge in [0.05, 0.1) is 39.6 Å². The maximum absolute atomic E-state index is 15.9. The topological polar surface area (TPSA) is 212 Å². The quantitative estimate of drug-likeness (QED) is 0.0332. The number of carbonyl (C=O) groups is 1. The van der Waals surface area contributed by atoms with Gasteiger partial charge in [-0.25, -0.2) is 0 Å². The van der Waals surface area contributed by atoms with Gasteiger partial charge in [-0.15, -0.1) is 0 Å². The molecule has 10 rings (SSSR count). The van der Waals surface area contributed by atoms with E-state index < -0.39 is 24.0 Å². The Bertz CT molecular complexity index is 4330. The summed E-state index contributed by atoms with van der Waals surface area (Å²) in [4.78, 5) is 15.9. The van der Waals surface area contributed by atoms with E-state index >= 15 is 4.79 Å². The number of aliphatic hydroxyl groups is 6. The van der Waals surface area contributed by atoms with Crippen molar-refractivity contribution >= 4 is 5.78 Å². The van der Waals surface area contributed by atoms with Crippen molar-refractivity contribution in [3.8, 4) is 46.0 Å². The maximum atomic E-state index is 15.9. The molecule has 0 fully saturated rings. The van der Waals surface area contributed by atoms with Crippen LogP contribution in [0.5, 0.6) is 46.0 Å². The zero-order chi connectivity index (χ0) is 86.6. The van der Waals surface area contributed by atoms with Crippen LogP contribution in [-0.2, 0) is 99.5 Å². The van der Waals surface area contributed by atoms with E-state index in [9.17, 15) is 30.6 Å². The Balaban J connectivity index is 1.22. The highest BCUT2D eigenvalue weighted by Crippen LogP contribution is 2.49. The number of rotatable bonds is 24. The summed E-state index contributed by atoms with van der Waals surface area (Å²) in [6.07, 6.45) is 2.62. The zero-order valence-electron chi connectivity index (χ0n) is 75.7. The SMILES string of the molecule is CC(C)(C)c1cc2c(OCCO)c(c1)Cc1cc(C(C)(C)C)cc(c1OCCO)Cc1cc(C(C)(C)C)cc(c1OCC(=O)COc1c3cc(C(C)(C)C)cc1Cc1cc(C(C)(C)C)cc(c1OCCO)Cc1cc(C(C)(C)C)cc(c1OCCO)Cc1cc(C(C)(C)C)cc(c1OCCO)C3)Cc1cc(C(C)(C)C)cc(c1OCCO)C2. The van der Waals surface area contributed by atoms with Crippen LogP contribution in [0.2, 0.25) is 0 Å². The van der Waals surface area contributed by atoms with Crippen molar-refractivity contribution in [1.29, 1.82) is 0 Å². The largest absolute Gasteiger partial charge is 0.491 e. The van der Waals surface area contributed by atoms with Crippen molar-refractivity contribution in [2.24, 2.45) is 0 Å². The molecule has 0 spiro atoms. The van der Waals surface area contributed by atoms with E-state index in [1.165, 1.54) is 0 Å². The van der Waals surface area contributed by atoms with Crippen molar-refractivity contribution in [2.75, 3.05) is 92.5 Å². The standard InChI is InChI=1S/C103H138O15/c1-96(2,3)79-45-63-37-67-49-81(98(7,8)9)53-71(90(67)113-33-27-106)41-75-57-85(102(19,20)21)58-76(42-72-54-82(99(10,11)12)50-68(91(72)114-34-28-107)38-64(46-79)88(63)111-31-25-104)94(75)117-61-87(110)62-118-95-77-43-73-55-83(100(13,14)15)51-69(92(73)115-35-29-108)39-65-47-80(97(4,5)6)48-66(89(65)112-32-26-105)40-70-52-84(101(16,17)18)56-74(93(70)116-36-30-109)44-78(95)60-86(59-77)103(22,23)24/h45-60,104-109H,25-44,61-62H2,1-24H3. The van der Waals surface area contributed by atoms with E-state index in [4.69, 9.17) is 37.9 Å². The molecule has 15 nitrogen and oxygen atoms in total. The lowest BCUT2D eigenvalue weighted by atomic mass is 9.79. The molecule has 640 valence electrons. The minimum absolute atomic E-state index is 0.0213. The first-order valence-electron chi connectivity index (χ1n) is 42.6. The van der Waals surface area contributed by atoms with Crippen molar-refractivity contribution in [3.63, 3.8) is 0 Å². The highest BCUT2D eigenvalue weighted by atomic mass is 16.5. The maximum Gasteiger partial charge on any atom is 0.207 e. The van der Waals surface area contributed by atoms with Gasteiger partial charge in [-0.3, -0.25) is 4.79 Å². The molecule has 0 radical (unpaired) electrons. The van der Waals surface area contributed by atoms with Gasteiger partial charge >= 0.3 is 0 Å². The van der Waals surface area contributed by atoms with Crippen molar-refractivity contribution < 1.29 is 73.3 Å². The first kappa shape index (κ1) is 91.9. The van der Waals surface area contributed by atoms with Crippen LogP contribution in [0.1, 0.15) is 300 Å². The van der Waals surface area contributed by atoms with Crippen LogP contribution in [0.15, 0.2) is 97.1 Å². The monoisotopic (exact) mass is 1620 g/mol. The molecule has 0 unspecified atom stereocenters. The van der Waals surface area contributed by atoms with Gasteiger partial charge in [0, 0.05) is 51.4 Å². The van der Waals surface area contributed by atoms with Gasteiger partial charge in [-0.2, -0.15) is 0 Å². The van der Waals surface area contributed by atoms with Gasteiger partial charge in [0.15, 0.2) is 13.2 Å². The molecule has 0 saturated carbocycles. The van der Waals surface area contributed by atoms with Crippen molar-refractivity contribution in [2.45, 2.75) is 261 Å². The number of Topliss-reactive ketones (excluding diaryl/α,β-unsaturated/α-hetero) is 1. The minimum atomic E-state index is -0.398. The van der Waals surface area contributed by atoms with Crippen LogP contribution in [0.3, 0.4) is 0 Å². The summed E-state index contributed by atoms with van der Waals surface area (Å²) in [6.45, 7) is 51.0. The fourth-order valence-electron chi connectivity index (χ4n) is 16.0. The molecule has 118 heavy (non-hydrogen) atoms. The molecule has 0 amide bonds. The number of ether oxygens (including phenoxy) is 8. The van der Waals surface area contributed by atoms with Gasteiger partial charge in [-0.1, -0.05) is 263 Å². The number of ketones is 1. The van der Waals surface area contributed by atoms with Crippen LogP contribution < -0.4 is 37.9 Å². The van der Waals surface area contributed by atoms with Gasteiger partial charge in [-0.05, 0) is 177 Å². The smallest absolute Gasteiger partial charge is 0.207 e. The number of benzene rings is 8. The second kappa shape index (κ2) is 36.9. The summed E-state index contributed by atoms with van der Waals surface area (Å²) in [5.41, 5.74) is 19.6. The van der Waals surface area contributed by atoms with Gasteiger partial charge in [0.1, 0.15) is 85.6 Å². The third-order valence-electron chi connectivity index (χ3n) is 22.7. The lowest BCUT2D eigenvalue weighted by Gasteiger charge is -2.29. The average Bonchev–Trinajstić information content (AvgIpc) is 0.761.